The number of hydrogen-bond donors (Lipinski definition) is 1. The molecule has 0 spiro atoms. The van der Waals surface area contributed by atoms with E-state index in [2.05, 4.69) is 5.32 Å². The molecular weight excluding hydrogens is 336 g/mol. The van der Waals surface area contributed by atoms with Crippen molar-refractivity contribution in [3.05, 3.63) is 98.9 Å². The highest BCUT2D eigenvalue weighted by molar-refractivity contribution is 6.30. The highest BCUT2D eigenvalue weighted by Gasteiger charge is 2.12. The van der Waals surface area contributed by atoms with Crippen molar-refractivity contribution in [1.82, 2.24) is 4.57 Å². The van der Waals surface area contributed by atoms with Gasteiger partial charge in [0.1, 0.15) is 5.56 Å². The molecular formula is C20H17ClN2O2. The molecule has 0 fully saturated rings. The van der Waals surface area contributed by atoms with Crippen molar-refractivity contribution in [2.45, 2.75) is 13.5 Å². The second-order valence-electron chi connectivity index (χ2n) is 5.80. The first-order chi connectivity index (χ1) is 12.0. The summed E-state index contributed by atoms with van der Waals surface area (Å²) in [6, 6.07) is 17.9. The molecule has 3 rings (SSSR count). The van der Waals surface area contributed by atoms with Crippen molar-refractivity contribution in [1.29, 1.82) is 0 Å². The molecule has 1 N–H and O–H groups in total. The third kappa shape index (κ3) is 4.17. The molecule has 5 heteroatoms. The van der Waals surface area contributed by atoms with Crippen LogP contribution in [0.25, 0.3) is 0 Å². The van der Waals surface area contributed by atoms with Crippen LogP contribution in [0.2, 0.25) is 5.02 Å². The Morgan fingerprint density at radius 3 is 2.40 bits per heavy atom. The SMILES string of the molecule is Cc1ccc(Cn2cccc(C(=O)Nc3ccc(Cl)cc3)c2=O)cc1. The predicted molar refractivity (Wildman–Crippen MR) is 100 cm³/mol. The van der Waals surface area contributed by atoms with Crippen LogP contribution in [-0.4, -0.2) is 10.5 Å². The maximum absolute atomic E-state index is 12.6. The number of benzene rings is 2. The molecule has 3 aromatic rings. The molecule has 0 saturated carbocycles. The van der Waals surface area contributed by atoms with Gasteiger partial charge in [0.2, 0.25) is 0 Å². The molecule has 2 aromatic carbocycles. The molecule has 4 nitrogen and oxygen atoms in total. The lowest BCUT2D eigenvalue weighted by atomic mass is 10.1. The number of pyridine rings is 1. The predicted octanol–water partition coefficient (Wildman–Crippen LogP) is 4.11. The van der Waals surface area contributed by atoms with E-state index in [4.69, 9.17) is 11.6 Å². The lowest BCUT2D eigenvalue weighted by Gasteiger charge is -2.09. The monoisotopic (exact) mass is 352 g/mol. The molecule has 0 radical (unpaired) electrons. The number of nitrogens with zero attached hydrogens (tertiary/aromatic N) is 1. The van der Waals surface area contributed by atoms with Crippen LogP contribution in [0.5, 0.6) is 0 Å². The van der Waals surface area contributed by atoms with Crippen molar-refractivity contribution >= 4 is 23.2 Å². The smallest absolute Gasteiger partial charge is 0.263 e. The van der Waals surface area contributed by atoms with E-state index < -0.39 is 5.91 Å². The Kier molecular flexibility index (Phi) is 5.00. The summed E-state index contributed by atoms with van der Waals surface area (Å²) in [7, 11) is 0. The van der Waals surface area contributed by atoms with E-state index in [9.17, 15) is 9.59 Å². The van der Waals surface area contributed by atoms with Gasteiger partial charge in [0.05, 0.1) is 6.54 Å². The third-order valence-corrected chi connectivity index (χ3v) is 4.09. The van der Waals surface area contributed by atoms with Crippen LogP contribution in [-0.2, 0) is 6.54 Å². The van der Waals surface area contributed by atoms with Crippen LogP contribution >= 0.6 is 11.6 Å². The molecule has 0 aliphatic carbocycles. The minimum absolute atomic E-state index is 0.101. The zero-order valence-corrected chi connectivity index (χ0v) is 14.5. The number of rotatable bonds is 4. The second-order valence-corrected chi connectivity index (χ2v) is 6.24. The van der Waals surface area contributed by atoms with E-state index in [0.717, 1.165) is 11.1 Å². The topological polar surface area (TPSA) is 51.1 Å². The summed E-state index contributed by atoms with van der Waals surface area (Å²) in [4.78, 5) is 25.0. The number of aryl methyl sites for hydroxylation is 1. The Labute approximate surface area is 150 Å². The van der Waals surface area contributed by atoms with Crippen LogP contribution in [0, 0.1) is 6.92 Å². The summed E-state index contributed by atoms with van der Waals surface area (Å²) in [5, 5.41) is 3.30. The van der Waals surface area contributed by atoms with Gasteiger partial charge >= 0.3 is 0 Å². The number of hydrogen-bond acceptors (Lipinski definition) is 2. The molecule has 0 unspecified atom stereocenters. The standard InChI is InChI=1S/C20H17ClN2O2/c1-14-4-6-15(7-5-14)13-23-12-2-3-18(20(23)25)19(24)22-17-10-8-16(21)9-11-17/h2-12H,13H2,1H3,(H,22,24). The van der Waals surface area contributed by atoms with Crippen molar-refractivity contribution in [2.24, 2.45) is 0 Å². The van der Waals surface area contributed by atoms with Gasteiger partial charge < -0.3 is 9.88 Å². The van der Waals surface area contributed by atoms with Crippen molar-refractivity contribution in [3.63, 3.8) is 0 Å². The number of aromatic nitrogens is 1. The van der Waals surface area contributed by atoms with E-state index in [1.54, 1.807) is 36.5 Å². The molecule has 0 aliphatic rings. The first kappa shape index (κ1) is 17.0. The van der Waals surface area contributed by atoms with Gasteiger partial charge in [-0.3, -0.25) is 9.59 Å². The molecule has 0 atom stereocenters. The average molecular weight is 353 g/mol. The fourth-order valence-corrected chi connectivity index (χ4v) is 2.58. The maximum Gasteiger partial charge on any atom is 0.263 e. The first-order valence-corrected chi connectivity index (χ1v) is 8.22. The summed E-state index contributed by atoms with van der Waals surface area (Å²) < 4.78 is 1.53. The first-order valence-electron chi connectivity index (χ1n) is 7.85. The summed E-state index contributed by atoms with van der Waals surface area (Å²) in [5.41, 5.74) is 2.52. The fourth-order valence-electron chi connectivity index (χ4n) is 2.46. The van der Waals surface area contributed by atoms with Crippen LogP contribution in [0.15, 0.2) is 71.7 Å². The molecule has 0 bridgehead atoms. The summed E-state index contributed by atoms with van der Waals surface area (Å²) >= 11 is 5.83. The number of amides is 1. The Morgan fingerprint density at radius 1 is 1.04 bits per heavy atom. The maximum atomic E-state index is 12.6. The van der Waals surface area contributed by atoms with Crippen molar-refractivity contribution in [2.75, 3.05) is 5.32 Å². The van der Waals surface area contributed by atoms with Gasteiger partial charge in [0, 0.05) is 16.9 Å². The molecule has 25 heavy (non-hydrogen) atoms. The van der Waals surface area contributed by atoms with Crippen LogP contribution < -0.4 is 10.9 Å². The van der Waals surface area contributed by atoms with Crippen LogP contribution in [0.4, 0.5) is 5.69 Å². The van der Waals surface area contributed by atoms with Gasteiger partial charge in [0.25, 0.3) is 11.5 Å². The third-order valence-electron chi connectivity index (χ3n) is 3.84. The molecule has 1 heterocycles. The Bertz CT molecular complexity index is 945. The van der Waals surface area contributed by atoms with E-state index in [-0.39, 0.29) is 11.1 Å². The second kappa shape index (κ2) is 7.36. The Balaban J connectivity index is 1.82. The van der Waals surface area contributed by atoms with E-state index in [1.165, 1.54) is 10.6 Å². The van der Waals surface area contributed by atoms with Gasteiger partial charge in [-0.25, -0.2) is 0 Å². The zero-order valence-electron chi connectivity index (χ0n) is 13.7. The number of halogens is 1. The summed E-state index contributed by atoms with van der Waals surface area (Å²) in [5.74, 6) is -0.439. The number of nitrogens with one attached hydrogen (secondary N) is 1. The summed E-state index contributed by atoms with van der Waals surface area (Å²) in [6.45, 7) is 2.43. The quantitative estimate of drug-likeness (QED) is 0.768. The fraction of sp³-hybridized carbons (Fsp3) is 0.100. The van der Waals surface area contributed by atoms with Crippen molar-refractivity contribution in [3.8, 4) is 0 Å². The highest BCUT2D eigenvalue weighted by Crippen LogP contribution is 2.14. The lowest BCUT2D eigenvalue weighted by molar-refractivity contribution is 0.102. The van der Waals surface area contributed by atoms with Gasteiger partial charge in [-0.15, -0.1) is 0 Å². The zero-order chi connectivity index (χ0) is 17.8. The van der Waals surface area contributed by atoms with Gasteiger partial charge in [0.15, 0.2) is 0 Å². The molecule has 1 aromatic heterocycles. The van der Waals surface area contributed by atoms with E-state index in [0.29, 0.717) is 17.3 Å². The highest BCUT2D eigenvalue weighted by atomic mass is 35.5. The van der Waals surface area contributed by atoms with Crippen LogP contribution in [0.3, 0.4) is 0 Å². The molecule has 126 valence electrons. The minimum Gasteiger partial charge on any atom is -0.322 e. The van der Waals surface area contributed by atoms with Crippen LogP contribution in [0.1, 0.15) is 21.5 Å². The number of carbonyl (C=O) groups excluding carboxylic acids is 1. The molecule has 1 amide bonds. The van der Waals surface area contributed by atoms with Gasteiger partial charge in [-0.05, 0) is 48.9 Å². The van der Waals surface area contributed by atoms with Gasteiger partial charge in [-0.2, -0.15) is 0 Å². The largest absolute Gasteiger partial charge is 0.322 e. The van der Waals surface area contributed by atoms with Crippen molar-refractivity contribution < 1.29 is 4.79 Å². The van der Waals surface area contributed by atoms with E-state index >= 15 is 0 Å². The minimum atomic E-state index is -0.439. The number of anilines is 1. The Hall–Kier alpha value is -2.85. The number of carbonyl (C=O) groups is 1. The molecule has 0 aliphatic heterocycles. The lowest BCUT2D eigenvalue weighted by Crippen LogP contribution is -2.29. The normalized spacial score (nSPS) is 10.5. The van der Waals surface area contributed by atoms with Gasteiger partial charge in [-0.1, -0.05) is 41.4 Å². The van der Waals surface area contributed by atoms with E-state index in [1.807, 2.05) is 31.2 Å². The summed E-state index contributed by atoms with van der Waals surface area (Å²) in [6.07, 6.45) is 1.68. The average Bonchev–Trinajstić information content (AvgIpc) is 2.60. The molecule has 0 saturated heterocycles. The Morgan fingerprint density at radius 2 is 1.72 bits per heavy atom.